The molecular formula is C22H16O. The zero-order valence-electron chi connectivity index (χ0n) is 12.6. The standard InChI is InChI=1S/C22H16O/c23-16-22(18-11-5-2-6-12-18)15-20(17-9-3-1-4-10-17)19-13-7-8-14-21(19)22/h1-16H. The monoisotopic (exact) mass is 296 g/mol. The van der Waals surface area contributed by atoms with Gasteiger partial charge in [-0.2, -0.15) is 0 Å². The molecule has 4 rings (SSSR count). The lowest BCUT2D eigenvalue weighted by Gasteiger charge is -2.23. The Balaban J connectivity index is 2.01. The van der Waals surface area contributed by atoms with E-state index < -0.39 is 5.41 Å². The first kappa shape index (κ1) is 13.7. The van der Waals surface area contributed by atoms with Crippen molar-refractivity contribution in [3.8, 4) is 0 Å². The van der Waals surface area contributed by atoms with Gasteiger partial charge in [-0.1, -0.05) is 91.0 Å². The lowest BCUT2D eigenvalue weighted by atomic mass is 9.78. The molecule has 0 aliphatic heterocycles. The molecule has 110 valence electrons. The van der Waals surface area contributed by atoms with Crippen LogP contribution in [0.2, 0.25) is 0 Å². The Hall–Kier alpha value is -2.93. The molecule has 3 aromatic rings. The third-order valence-corrected chi connectivity index (χ3v) is 4.56. The van der Waals surface area contributed by atoms with Gasteiger partial charge in [0.1, 0.15) is 6.29 Å². The summed E-state index contributed by atoms with van der Waals surface area (Å²) in [5, 5.41) is 0. The molecule has 0 bridgehead atoms. The highest BCUT2D eigenvalue weighted by atomic mass is 16.1. The average molecular weight is 296 g/mol. The Morgan fingerprint density at radius 3 is 2.00 bits per heavy atom. The molecule has 0 spiro atoms. The molecular weight excluding hydrogens is 280 g/mol. The summed E-state index contributed by atoms with van der Waals surface area (Å²) in [6.07, 6.45) is 3.17. The highest BCUT2D eigenvalue weighted by molar-refractivity contribution is 5.96. The maximum absolute atomic E-state index is 12.2. The summed E-state index contributed by atoms with van der Waals surface area (Å²) in [5.74, 6) is 0. The number of allylic oxidation sites excluding steroid dienone is 1. The smallest absolute Gasteiger partial charge is 0.138 e. The SMILES string of the molecule is O=CC1(c2ccccc2)C=C(c2ccccc2)c2ccccc21. The maximum atomic E-state index is 12.2. The first-order chi connectivity index (χ1) is 11.3. The zero-order valence-corrected chi connectivity index (χ0v) is 12.6. The molecule has 1 heteroatoms. The van der Waals surface area contributed by atoms with Crippen molar-refractivity contribution in [1.29, 1.82) is 0 Å². The second-order valence-corrected chi connectivity index (χ2v) is 5.82. The number of carbonyl (C=O) groups is 1. The van der Waals surface area contributed by atoms with Gasteiger partial charge >= 0.3 is 0 Å². The molecule has 1 atom stereocenters. The minimum absolute atomic E-state index is 0.705. The molecule has 0 heterocycles. The van der Waals surface area contributed by atoms with Crippen LogP contribution in [0.3, 0.4) is 0 Å². The van der Waals surface area contributed by atoms with E-state index >= 15 is 0 Å². The fourth-order valence-electron chi connectivity index (χ4n) is 3.44. The van der Waals surface area contributed by atoms with E-state index in [1.54, 1.807) is 0 Å². The molecule has 0 N–H and O–H groups in total. The van der Waals surface area contributed by atoms with Gasteiger partial charge in [0.2, 0.25) is 0 Å². The van der Waals surface area contributed by atoms with Gasteiger partial charge in [0, 0.05) is 0 Å². The van der Waals surface area contributed by atoms with Gasteiger partial charge in [0.05, 0.1) is 5.41 Å². The van der Waals surface area contributed by atoms with E-state index in [2.05, 4.69) is 30.3 Å². The summed E-state index contributed by atoms with van der Waals surface area (Å²) >= 11 is 0. The van der Waals surface area contributed by atoms with Crippen molar-refractivity contribution in [1.82, 2.24) is 0 Å². The summed E-state index contributed by atoms with van der Waals surface area (Å²) in [6.45, 7) is 0. The predicted octanol–water partition coefficient (Wildman–Crippen LogP) is 4.62. The number of hydrogen-bond donors (Lipinski definition) is 0. The van der Waals surface area contributed by atoms with E-state index in [9.17, 15) is 4.79 Å². The number of fused-ring (bicyclic) bond motifs is 1. The Morgan fingerprint density at radius 1 is 0.696 bits per heavy atom. The van der Waals surface area contributed by atoms with Crippen molar-refractivity contribution < 1.29 is 4.79 Å². The minimum Gasteiger partial charge on any atom is -0.302 e. The van der Waals surface area contributed by atoms with E-state index in [0.717, 1.165) is 34.1 Å². The van der Waals surface area contributed by atoms with Crippen LogP contribution in [-0.4, -0.2) is 6.29 Å². The van der Waals surface area contributed by atoms with Gasteiger partial charge < -0.3 is 4.79 Å². The van der Waals surface area contributed by atoms with Crippen LogP contribution in [0.1, 0.15) is 22.3 Å². The molecule has 0 radical (unpaired) electrons. The van der Waals surface area contributed by atoms with Gasteiger partial charge in [0.25, 0.3) is 0 Å². The number of benzene rings is 3. The molecule has 1 unspecified atom stereocenters. The Kier molecular flexibility index (Phi) is 3.20. The summed E-state index contributed by atoms with van der Waals surface area (Å²) in [5.41, 5.74) is 4.75. The molecule has 0 saturated carbocycles. The van der Waals surface area contributed by atoms with Crippen molar-refractivity contribution >= 4 is 11.9 Å². The highest BCUT2D eigenvalue weighted by Gasteiger charge is 2.39. The molecule has 23 heavy (non-hydrogen) atoms. The summed E-state index contributed by atoms with van der Waals surface area (Å²) < 4.78 is 0. The lowest BCUT2D eigenvalue weighted by Crippen LogP contribution is -2.25. The third kappa shape index (κ3) is 2.05. The quantitative estimate of drug-likeness (QED) is 0.645. The van der Waals surface area contributed by atoms with Gasteiger partial charge in [-0.05, 0) is 27.8 Å². The Morgan fingerprint density at radius 2 is 1.30 bits per heavy atom. The number of carbonyl (C=O) groups excluding carboxylic acids is 1. The Labute approximate surface area is 135 Å². The van der Waals surface area contributed by atoms with E-state index in [1.807, 2.05) is 60.7 Å². The van der Waals surface area contributed by atoms with Crippen LogP contribution in [0.15, 0.2) is 91.0 Å². The third-order valence-electron chi connectivity index (χ3n) is 4.56. The van der Waals surface area contributed by atoms with Crippen LogP contribution in [0.4, 0.5) is 0 Å². The molecule has 0 aromatic heterocycles. The zero-order chi connectivity index (χ0) is 15.7. The molecule has 0 saturated heterocycles. The molecule has 0 amide bonds. The summed E-state index contributed by atoms with van der Waals surface area (Å²) in [4.78, 5) is 12.2. The van der Waals surface area contributed by atoms with Crippen LogP contribution in [0.25, 0.3) is 5.57 Å². The van der Waals surface area contributed by atoms with Crippen molar-refractivity contribution in [2.45, 2.75) is 5.41 Å². The number of aldehydes is 1. The van der Waals surface area contributed by atoms with Gasteiger partial charge in [-0.3, -0.25) is 0 Å². The first-order valence-corrected chi connectivity index (χ1v) is 7.75. The van der Waals surface area contributed by atoms with Crippen LogP contribution in [-0.2, 0) is 10.2 Å². The largest absolute Gasteiger partial charge is 0.302 e. The second kappa shape index (κ2) is 5.36. The number of rotatable bonds is 3. The van der Waals surface area contributed by atoms with Gasteiger partial charge in [-0.25, -0.2) is 0 Å². The topological polar surface area (TPSA) is 17.1 Å². The second-order valence-electron chi connectivity index (χ2n) is 5.82. The van der Waals surface area contributed by atoms with Crippen molar-refractivity contribution in [2.24, 2.45) is 0 Å². The van der Waals surface area contributed by atoms with E-state index in [0.29, 0.717) is 0 Å². The molecule has 1 aliphatic carbocycles. The first-order valence-electron chi connectivity index (χ1n) is 7.75. The van der Waals surface area contributed by atoms with Crippen molar-refractivity contribution in [2.75, 3.05) is 0 Å². The Bertz CT molecular complexity index is 878. The minimum atomic E-state index is -0.705. The van der Waals surface area contributed by atoms with Crippen LogP contribution in [0.5, 0.6) is 0 Å². The highest BCUT2D eigenvalue weighted by Crippen LogP contribution is 2.45. The van der Waals surface area contributed by atoms with Gasteiger partial charge in [-0.15, -0.1) is 0 Å². The average Bonchev–Trinajstić information content (AvgIpc) is 2.99. The molecule has 1 aliphatic rings. The molecule has 1 nitrogen and oxygen atoms in total. The lowest BCUT2D eigenvalue weighted by molar-refractivity contribution is -0.110. The fraction of sp³-hybridized carbons (Fsp3) is 0.0455. The van der Waals surface area contributed by atoms with Crippen molar-refractivity contribution in [3.05, 3.63) is 113 Å². The van der Waals surface area contributed by atoms with Crippen molar-refractivity contribution in [3.63, 3.8) is 0 Å². The normalized spacial score (nSPS) is 19.0. The van der Waals surface area contributed by atoms with Crippen LogP contribution < -0.4 is 0 Å². The summed E-state index contributed by atoms with van der Waals surface area (Å²) in [6, 6.07) is 28.4. The maximum Gasteiger partial charge on any atom is 0.138 e. The van der Waals surface area contributed by atoms with E-state index in [1.165, 1.54) is 0 Å². The predicted molar refractivity (Wildman–Crippen MR) is 93.2 cm³/mol. The number of hydrogen-bond acceptors (Lipinski definition) is 1. The van der Waals surface area contributed by atoms with Gasteiger partial charge in [0.15, 0.2) is 0 Å². The van der Waals surface area contributed by atoms with Crippen LogP contribution in [0, 0.1) is 0 Å². The summed E-state index contributed by atoms with van der Waals surface area (Å²) in [7, 11) is 0. The fourth-order valence-corrected chi connectivity index (χ4v) is 3.44. The molecule has 0 fully saturated rings. The van der Waals surface area contributed by atoms with E-state index in [4.69, 9.17) is 0 Å². The van der Waals surface area contributed by atoms with E-state index in [-0.39, 0.29) is 0 Å². The molecule has 3 aromatic carbocycles. The van der Waals surface area contributed by atoms with Crippen LogP contribution >= 0.6 is 0 Å².